The fraction of sp³-hybridized carbons (Fsp3) is 0.278. The summed E-state index contributed by atoms with van der Waals surface area (Å²) in [6.45, 7) is 6.55. The largest absolute Gasteiger partial charge is 0.457 e. The molecule has 2 aromatic rings. The van der Waals surface area contributed by atoms with Gasteiger partial charge in [0.15, 0.2) is 0 Å². The Morgan fingerprint density at radius 1 is 1.29 bits per heavy atom. The van der Waals surface area contributed by atoms with E-state index in [0.29, 0.717) is 5.75 Å². The van der Waals surface area contributed by atoms with E-state index in [0.717, 1.165) is 12.0 Å². The molecule has 0 bridgehead atoms. The van der Waals surface area contributed by atoms with E-state index in [1.807, 2.05) is 18.2 Å². The second-order valence-corrected chi connectivity index (χ2v) is 6.18. The molecule has 1 aliphatic carbocycles. The first-order chi connectivity index (χ1) is 9.94. The van der Waals surface area contributed by atoms with Gasteiger partial charge in [-0.3, -0.25) is 0 Å². The molecule has 0 spiro atoms. The molecule has 0 fully saturated rings. The van der Waals surface area contributed by atoms with Crippen LogP contribution in [0.2, 0.25) is 0 Å². The van der Waals surface area contributed by atoms with Crippen LogP contribution in [-0.2, 0) is 6.42 Å². The van der Waals surface area contributed by atoms with E-state index in [1.54, 1.807) is 12.1 Å². The van der Waals surface area contributed by atoms with Crippen LogP contribution in [0.4, 0.5) is 0 Å². The number of furan rings is 1. The van der Waals surface area contributed by atoms with E-state index < -0.39 is 5.97 Å². The summed E-state index contributed by atoms with van der Waals surface area (Å²) in [5.74, 6) is 0.279. The third-order valence-corrected chi connectivity index (χ3v) is 3.69. The molecule has 3 heteroatoms. The molecule has 0 saturated heterocycles. The van der Waals surface area contributed by atoms with Gasteiger partial charge in [0.25, 0.3) is 0 Å². The van der Waals surface area contributed by atoms with E-state index in [2.05, 4.69) is 26.8 Å². The molecule has 1 aliphatic rings. The van der Waals surface area contributed by atoms with E-state index >= 15 is 0 Å². The molecule has 1 heterocycles. The normalized spacial score (nSPS) is 16.0. The van der Waals surface area contributed by atoms with Crippen LogP contribution >= 0.6 is 0 Å². The number of fused-ring (bicyclic) bond motifs is 1. The second kappa shape index (κ2) is 4.92. The highest BCUT2D eigenvalue weighted by atomic mass is 16.5. The number of hydrogen-bond donors (Lipinski definition) is 0. The summed E-state index contributed by atoms with van der Waals surface area (Å²) in [7, 11) is 0. The van der Waals surface area contributed by atoms with Crippen LogP contribution in [0.25, 0.3) is 5.57 Å². The zero-order chi connectivity index (χ0) is 15.0. The number of benzene rings is 1. The number of ether oxygens (including phenoxy) is 1. The Balaban J connectivity index is 1.87. The molecular weight excluding hydrogens is 264 g/mol. The third-order valence-electron chi connectivity index (χ3n) is 3.69. The van der Waals surface area contributed by atoms with Gasteiger partial charge in [0.2, 0.25) is 5.76 Å². The molecule has 3 nitrogen and oxygen atoms in total. The molecule has 0 radical (unpaired) electrons. The number of allylic oxidation sites excluding steroid dienone is 2. The van der Waals surface area contributed by atoms with Gasteiger partial charge in [0, 0.05) is 0 Å². The Kier molecular flexibility index (Phi) is 3.20. The van der Waals surface area contributed by atoms with Crippen molar-refractivity contribution in [3.8, 4) is 5.75 Å². The summed E-state index contributed by atoms with van der Waals surface area (Å²) >= 11 is 0. The maximum Gasteiger partial charge on any atom is 0.379 e. The minimum Gasteiger partial charge on any atom is -0.457 e. The number of esters is 1. The van der Waals surface area contributed by atoms with Crippen molar-refractivity contribution in [3.05, 3.63) is 59.6 Å². The summed E-state index contributed by atoms with van der Waals surface area (Å²) in [5.41, 5.74) is 3.83. The average molecular weight is 282 g/mol. The summed E-state index contributed by atoms with van der Waals surface area (Å²) in [6, 6.07) is 9.07. The lowest BCUT2D eigenvalue weighted by molar-refractivity contribution is 0.0701. The standard InChI is InChI=1S/C18H18O3/c1-12-10-18(2,3)11-13-6-7-14(9-15(12)13)21-17(19)16-5-4-8-20-16/h4-10H,11H2,1-3H3. The lowest BCUT2D eigenvalue weighted by Crippen LogP contribution is -2.17. The van der Waals surface area contributed by atoms with Crippen molar-refractivity contribution in [2.45, 2.75) is 27.2 Å². The van der Waals surface area contributed by atoms with Crippen LogP contribution < -0.4 is 4.74 Å². The molecule has 0 aliphatic heterocycles. The molecular formula is C18H18O3. The molecule has 1 aromatic heterocycles. The highest BCUT2D eigenvalue weighted by Gasteiger charge is 2.24. The van der Waals surface area contributed by atoms with Crippen LogP contribution in [0, 0.1) is 5.41 Å². The fourth-order valence-corrected chi connectivity index (χ4v) is 2.90. The van der Waals surface area contributed by atoms with Gasteiger partial charge in [0.05, 0.1) is 6.26 Å². The van der Waals surface area contributed by atoms with Gasteiger partial charge in [-0.1, -0.05) is 26.0 Å². The summed E-state index contributed by atoms with van der Waals surface area (Å²) in [5, 5.41) is 0. The highest BCUT2D eigenvalue weighted by molar-refractivity contribution is 5.88. The molecule has 0 N–H and O–H groups in total. The number of rotatable bonds is 2. The first-order valence-corrected chi connectivity index (χ1v) is 7.03. The molecule has 0 amide bonds. The Bertz CT molecular complexity index is 706. The first kappa shape index (κ1) is 13.7. The van der Waals surface area contributed by atoms with Gasteiger partial charge >= 0.3 is 5.97 Å². The molecule has 1 aromatic carbocycles. The van der Waals surface area contributed by atoms with Crippen LogP contribution in [0.5, 0.6) is 5.75 Å². The molecule has 0 atom stereocenters. The topological polar surface area (TPSA) is 39.4 Å². The van der Waals surface area contributed by atoms with E-state index in [4.69, 9.17) is 9.15 Å². The lowest BCUT2D eigenvalue weighted by Gasteiger charge is -2.28. The van der Waals surface area contributed by atoms with Gasteiger partial charge < -0.3 is 9.15 Å². The highest BCUT2D eigenvalue weighted by Crippen LogP contribution is 2.37. The predicted molar refractivity (Wildman–Crippen MR) is 81.2 cm³/mol. The molecule has 0 unspecified atom stereocenters. The number of hydrogen-bond acceptors (Lipinski definition) is 3. The Morgan fingerprint density at radius 2 is 2.10 bits per heavy atom. The third kappa shape index (κ3) is 2.77. The Labute approximate surface area is 124 Å². The minimum atomic E-state index is -0.474. The van der Waals surface area contributed by atoms with Crippen LogP contribution in [0.3, 0.4) is 0 Å². The summed E-state index contributed by atoms with van der Waals surface area (Å²) < 4.78 is 10.4. The maximum absolute atomic E-state index is 11.9. The smallest absolute Gasteiger partial charge is 0.379 e. The van der Waals surface area contributed by atoms with Crippen molar-refractivity contribution in [3.63, 3.8) is 0 Å². The molecule has 21 heavy (non-hydrogen) atoms. The second-order valence-electron chi connectivity index (χ2n) is 6.18. The number of carbonyl (C=O) groups is 1. The predicted octanol–water partition coefficient (Wildman–Crippen LogP) is 4.48. The minimum absolute atomic E-state index is 0.170. The zero-order valence-electron chi connectivity index (χ0n) is 12.5. The quantitative estimate of drug-likeness (QED) is 0.602. The SMILES string of the molecule is CC1=CC(C)(C)Cc2ccc(OC(=O)c3ccco3)cc21. The van der Waals surface area contributed by atoms with Gasteiger partial charge in [0.1, 0.15) is 5.75 Å². The van der Waals surface area contributed by atoms with Crippen LogP contribution in [0.15, 0.2) is 47.1 Å². The van der Waals surface area contributed by atoms with Crippen molar-refractivity contribution < 1.29 is 13.9 Å². The average Bonchev–Trinajstić information content (AvgIpc) is 2.92. The number of carbonyl (C=O) groups excluding carboxylic acids is 1. The van der Waals surface area contributed by atoms with Gasteiger partial charge in [-0.25, -0.2) is 4.79 Å². The van der Waals surface area contributed by atoms with Crippen LogP contribution in [-0.4, -0.2) is 5.97 Å². The first-order valence-electron chi connectivity index (χ1n) is 7.03. The summed E-state index contributed by atoms with van der Waals surface area (Å²) in [4.78, 5) is 11.9. The summed E-state index contributed by atoms with van der Waals surface area (Å²) in [6.07, 6.45) is 4.72. The van der Waals surface area contributed by atoms with Crippen molar-refractivity contribution in [2.24, 2.45) is 5.41 Å². The monoisotopic (exact) mass is 282 g/mol. The van der Waals surface area contributed by atoms with Gasteiger partial charge in [-0.15, -0.1) is 0 Å². The van der Waals surface area contributed by atoms with Crippen molar-refractivity contribution in [2.75, 3.05) is 0 Å². The zero-order valence-corrected chi connectivity index (χ0v) is 12.5. The molecule has 0 saturated carbocycles. The van der Waals surface area contributed by atoms with Crippen molar-refractivity contribution in [1.29, 1.82) is 0 Å². The van der Waals surface area contributed by atoms with Gasteiger partial charge in [-0.05, 0) is 59.7 Å². The van der Waals surface area contributed by atoms with Crippen LogP contribution in [0.1, 0.15) is 42.5 Å². The Hall–Kier alpha value is -2.29. The van der Waals surface area contributed by atoms with Gasteiger partial charge in [-0.2, -0.15) is 0 Å². The van der Waals surface area contributed by atoms with Crippen molar-refractivity contribution >= 4 is 11.5 Å². The van der Waals surface area contributed by atoms with Crippen molar-refractivity contribution in [1.82, 2.24) is 0 Å². The fourth-order valence-electron chi connectivity index (χ4n) is 2.90. The van der Waals surface area contributed by atoms with E-state index in [9.17, 15) is 4.79 Å². The van der Waals surface area contributed by atoms with E-state index in [1.165, 1.54) is 17.4 Å². The molecule has 3 rings (SSSR count). The maximum atomic E-state index is 11.9. The Morgan fingerprint density at radius 3 is 2.81 bits per heavy atom. The lowest BCUT2D eigenvalue weighted by atomic mass is 9.76. The van der Waals surface area contributed by atoms with E-state index in [-0.39, 0.29) is 11.2 Å². The molecule has 108 valence electrons.